The molecule has 0 aliphatic carbocycles. The van der Waals surface area contributed by atoms with Gasteiger partial charge in [-0.25, -0.2) is 0 Å². The highest BCUT2D eigenvalue weighted by Gasteiger charge is 2.36. The Morgan fingerprint density at radius 2 is 2.11 bits per heavy atom. The molecule has 1 aromatic carbocycles. The van der Waals surface area contributed by atoms with Gasteiger partial charge in [-0.05, 0) is 18.6 Å². The van der Waals surface area contributed by atoms with Crippen molar-refractivity contribution in [1.29, 1.82) is 0 Å². The molecule has 2 N–H and O–H groups in total. The third-order valence-corrected chi connectivity index (χ3v) is 2.25. The quantitative estimate of drug-likeness (QED) is 0.515. The monoisotopic (exact) mass is 264 g/mol. The number of hydrogen-bond acceptors (Lipinski definition) is 4. The second kappa shape index (κ2) is 5.21. The molecule has 0 heterocycles. The second-order valence-electron chi connectivity index (χ2n) is 3.65. The molecule has 0 aromatic heterocycles. The van der Waals surface area contributed by atoms with Crippen molar-refractivity contribution in [2.75, 3.05) is 5.73 Å². The van der Waals surface area contributed by atoms with E-state index in [0.717, 1.165) is 13.0 Å². The summed E-state index contributed by atoms with van der Waals surface area (Å²) in [6.07, 6.45) is -6.39. The predicted molar refractivity (Wildman–Crippen MR) is 57.8 cm³/mol. The summed E-state index contributed by atoms with van der Waals surface area (Å²) in [4.78, 5) is 9.87. The maximum atomic E-state index is 12.2. The van der Waals surface area contributed by atoms with Gasteiger partial charge in [0.1, 0.15) is 5.69 Å². The number of nitrogens with zero attached hydrogens (tertiary/aromatic N) is 1. The summed E-state index contributed by atoms with van der Waals surface area (Å²) in [7, 11) is 0. The second-order valence-corrected chi connectivity index (χ2v) is 3.65. The Bertz CT molecular complexity index is 448. The molecular formula is C10H11F3N2O3. The van der Waals surface area contributed by atoms with E-state index >= 15 is 0 Å². The van der Waals surface area contributed by atoms with E-state index in [0.29, 0.717) is 0 Å². The Hall–Kier alpha value is -1.83. The minimum Gasteiger partial charge on any atom is -0.393 e. The lowest BCUT2D eigenvalue weighted by atomic mass is 10.2. The van der Waals surface area contributed by atoms with Gasteiger partial charge >= 0.3 is 6.18 Å². The maximum absolute atomic E-state index is 12.2. The zero-order valence-electron chi connectivity index (χ0n) is 9.40. The maximum Gasteiger partial charge on any atom is 0.414 e. The van der Waals surface area contributed by atoms with Crippen LogP contribution in [0.5, 0.6) is 0 Å². The van der Waals surface area contributed by atoms with Gasteiger partial charge in [0.05, 0.1) is 11.5 Å². The van der Waals surface area contributed by atoms with Crippen LogP contribution < -0.4 is 5.73 Å². The highest BCUT2D eigenvalue weighted by Crippen LogP contribution is 2.25. The average molecular weight is 264 g/mol. The summed E-state index contributed by atoms with van der Waals surface area (Å²) in [6, 6.07) is 3.74. The van der Waals surface area contributed by atoms with Crippen LogP contribution in [0.4, 0.5) is 24.5 Å². The molecular weight excluding hydrogens is 253 g/mol. The van der Waals surface area contributed by atoms with Gasteiger partial charge in [-0.3, -0.25) is 10.1 Å². The van der Waals surface area contributed by atoms with Gasteiger partial charge in [0.25, 0.3) is 5.69 Å². The molecule has 0 saturated carbocycles. The van der Waals surface area contributed by atoms with Gasteiger partial charge in [0, 0.05) is 6.07 Å². The molecule has 0 radical (unpaired) electrons. The van der Waals surface area contributed by atoms with Gasteiger partial charge in [-0.1, -0.05) is 6.07 Å². The summed E-state index contributed by atoms with van der Waals surface area (Å²) in [5, 5.41) is 10.6. The fourth-order valence-electron chi connectivity index (χ4n) is 1.15. The van der Waals surface area contributed by atoms with Crippen molar-refractivity contribution in [2.45, 2.75) is 25.8 Å². The number of nitro benzene ring substituents is 1. The van der Waals surface area contributed by atoms with Gasteiger partial charge in [-0.15, -0.1) is 0 Å². The van der Waals surface area contributed by atoms with Crippen LogP contribution in [0.15, 0.2) is 18.2 Å². The molecule has 0 saturated heterocycles. The molecule has 1 aromatic rings. The van der Waals surface area contributed by atoms with Crippen LogP contribution in [0.2, 0.25) is 0 Å². The Morgan fingerprint density at radius 1 is 1.50 bits per heavy atom. The van der Waals surface area contributed by atoms with Crippen LogP contribution in [0.1, 0.15) is 12.5 Å². The summed E-state index contributed by atoms with van der Waals surface area (Å²) in [6.45, 7) is 0.494. The van der Waals surface area contributed by atoms with Gasteiger partial charge in [-0.2, -0.15) is 13.2 Å². The molecule has 0 fully saturated rings. The van der Waals surface area contributed by atoms with Crippen molar-refractivity contribution in [3.8, 4) is 0 Å². The summed E-state index contributed by atoms with van der Waals surface area (Å²) >= 11 is 0. The van der Waals surface area contributed by atoms with E-state index < -0.39 is 17.2 Å². The lowest BCUT2D eigenvalue weighted by Crippen LogP contribution is -2.28. The van der Waals surface area contributed by atoms with Crippen LogP contribution in [-0.2, 0) is 11.3 Å². The molecule has 1 unspecified atom stereocenters. The van der Waals surface area contributed by atoms with Crippen LogP contribution >= 0.6 is 0 Å². The lowest BCUT2D eigenvalue weighted by molar-refractivity contribution is -0.384. The first-order valence-corrected chi connectivity index (χ1v) is 4.93. The molecule has 8 heteroatoms. The smallest absolute Gasteiger partial charge is 0.393 e. The number of alkyl halides is 3. The van der Waals surface area contributed by atoms with Gasteiger partial charge in [0.2, 0.25) is 0 Å². The molecule has 1 rings (SSSR count). The molecule has 100 valence electrons. The minimum absolute atomic E-state index is 0.0485. The number of rotatable bonds is 4. The summed E-state index contributed by atoms with van der Waals surface area (Å²) in [5.41, 5.74) is 5.21. The Balaban J connectivity index is 2.75. The normalized spacial score (nSPS) is 13.3. The Labute approximate surface area is 100 Å². The van der Waals surface area contributed by atoms with E-state index in [2.05, 4.69) is 4.74 Å². The molecule has 0 spiro atoms. The zero-order chi connectivity index (χ0) is 13.9. The van der Waals surface area contributed by atoms with Crippen molar-refractivity contribution in [2.24, 2.45) is 0 Å². The standard InChI is InChI=1S/C10H11F3N2O3/c1-6(10(11,12)13)18-5-7-2-3-8(14)9(4-7)15(16)17/h2-4,6H,5,14H2,1H3. The van der Waals surface area contributed by atoms with Crippen molar-refractivity contribution >= 4 is 11.4 Å². The lowest BCUT2D eigenvalue weighted by Gasteiger charge is -2.16. The van der Waals surface area contributed by atoms with E-state index in [9.17, 15) is 23.3 Å². The van der Waals surface area contributed by atoms with Crippen LogP contribution in [-0.4, -0.2) is 17.2 Å². The number of nitrogens with two attached hydrogens (primary N) is 1. The van der Waals surface area contributed by atoms with Crippen molar-refractivity contribution < 1.29 is 22.8 Å². The zero-order valence-corrected chi connectivity index (χ0v) is 9.40. The van der Waals surface area contributed by atoms with E-state index in [1.165, 1.54) is 12.1 Å². The third kappa shape index (κ3) is 3.59. The number of anilines is 1. The van der Waals surface area contributed by atoms with Crippen LogP contribution in [0, 0.1) is 10.1 Å². The topological polar surface area (TPSA) is 78.4 Å². The highest BCUT2D eigenvalue weighted by atomic mass is 19.4. The number of benzene rings is 1. The summed E-state index contributed by atoms with van der Waals surface area (Å²) in [5.74, 6) is 0. The molecule has 0 aliphatic rings. The Kier molecular flexibility index (Phi) is 4.12. The molecule has 1 atom stereocenters. The predicted octanol–water partition coefficient (Wildman–Crippen LogP) is 2.64. The number of nitrogen functional groups attached to an aromatic ring is 1. The van der Waals surface area contributed by atoms with E-state index in [1.807, 2.05) is 0 Å². The van der Waals surface area contributed by atoms with Crippen LogP contribution in [0.3, 0.4) is 0 Å². The largest absolute Gasteiger partial charge is 0.414 e. The van der Waals surface area contributed by atoms with Crippen LogP contribution in [0.25, 0.3) is 0 Å². The first kappa shape index (κ1) is 14.2. The SMILES string of the molecule is CC(OCc1ccc(N)c([N+](=O)[O-])c1)C(F)(F)F. The van der Waals surface area contributed by atoms with Crippen molar-refractivity contribution in [3.63, 3.8) is 0 Å². The number of nitro groups is 1. The number of hydrogen-bond donors (Lipinski definition) is 1. The first-order valence-electron chi connectivity index (χ1n) is 4.93. The molecule has 0 aliphatic heterocycles. The van der Waals surface area contributed by atoms with Crippen molar-refractivity contribution in [1.82, 2.24) is 0 Å². The van der Waals surface area contributed by atoms with Gasteiger partial charge in [0.15, 0.2) is 6.10 Å². The third-order valence-electron chi connectivity index (χ3n) is 2.25. The van der Waals surface area contributed by atoms with E-state index in [-0.39, 0.29) is 23.5 Å². The fraction of sp³-hybridized carbons (Fsp3) is 0.400. The van der Waals surface area contributed by atoms with Gasteiger partial charge < -0.3 is 10.5 Å². The van der Waals surface area contributed by atoms with E-state index in [1.54, 1.807) is 0 Å². The fourth-order valence-corrected chi connectivity index (χ4v) is 1.15. The molecule has 18 heavy (non-hydrogen) atoms. The minimum atomic E-state index is -4.46. The van der Waals surface area contributed by atoms with E-state index in [4.69, 9.17) is 5.73 Å². The van der Waals surface area contributed by atoms with Crippen molar-refractivity contribution in [3.05, 3.63) is 33.9 Å². The first-order chi connectivity index (χ1) is 8.21. The Morgan fingerprint density at radius 3 is 2.61 bits per heavy atom. The number of ether oxygens (including phenoxy) is 1. The molecule has 0 bridgehead atoms. The highest BCUT2D eigenvalue weighted by molar-refractivity contribution is 5.59. The molecule has 5 nitrogen and oxygen atoms in total. The number of halogens is 3. The average Bonchev–Trinajstić information content (AvgIpc) is 2.25. The molecule has 0 amide bonds. The summed E-state index contributed by atoms with van der Waals surface area (Å²) < 4.78 is 41.1.